The molecule has 2 N–H and O–H groups in total. The zero-order valence-corrected chi connectivity index (χ0v) is 17.9. The average Bonchev–Trinajstić information content (AvgIpc) is 3.18. The third kappa shape index (κ3) is 4.22. The molecule has 0 bridgehead atoms. The lowest BCUT2D eigenvalue weighted by Gasteiger charge is -2.42. The van der Waals surface area contributed by atoms with Gasteiger partial charge in [-0.2, -0.15) is 0 Å². The Bertz CT molecular complexity index is 839. The average molecular weight is 396 g/mol. The van der Waals surface area contributed by atoms with Crippen LogP contribution in [0.25, 0.3) is 0 Å². The normalized spacial score (nSPS) is 19.6. The van der Waals surface area contributed by atoms with E-state index in [0.29, 0.717) is 18.3 Å². The fourth-order valence-electron chi connectivity index (χ4n) is 4.47. The van der Waals surface area contributed by atoms with Crippen LogP contribution in [0.3, 0.4) is 0 Å². The summed E-state index contributed by atoms with van der Waals surface area (Å²) in [5.74, 6) is -0.122. The van der Waals surface area contributed by atoms with Gasteiger partial charge in [0.15, 0.2) is 5.69 Å². The quantitative estimate of drug-likeness (QED) is 0.814. The van der Waals surface area contributed by atoms with Gasteiger partial charge in [0.1, 0.15) is 0 Å². The molecule has 1 aromatic carbocycles. The molecule has 6 heteroatoms. The fraction of sp³-hybridized carbons (Fsp3) is 0.609. The minimum atomic E-state index is -0.122. The molecule has 2 aliphatic rings. The second-order valence-electron chi connectivity index (χ2n) is 9.71. The van der Waals surface area contributed by atoms with Gasteiger partial charge in [-0.05, 0) is 55.3 Å². The van der Waals surface area contributed by atoms with E-state index in [4.69, 9.17) is 0 Å². The molecule has 6 nitrogen and oxygen atoms in total. The van der Waals surface area contributed by atoms with E-state index in [9.17, 15) is 4.79 Å². The Morgan fingerprint density at radius 1 is 1.21 bits per heavy atom. The van der Waals surface area contributed by atoms with E-state index >= 15 is 0 Å². The first-order chi connectivity index (χ1) is 13.9. The highest BCUT2D eigenvalue weighted by molar-refractivity contribution is 5.91. The summed E-state index contributed by atoms with van der Waals surface area (Å²) in [5, 5.41) is 14.8. The van der Waals surface area contributed by atoms with Gasteiger partial charge in [0.25, 0.3) is 5.91 Å². The van der Waals surface area contributed by atoms with Gasteiger partial charge in [-0.3, -0.25) is 4.79 Å². The van der Waals surface area contributed by atoms with Crippen molar-refractivity contribution in [3.63, 3.8) is 0 Å². The molecule has 0 spiro atoms. The zero-order chi connectivity index (χ0) is 20.5. The molecule has 156 valence electrons. The number of amides is 1. The van der Waals surface area contributed by atoms with Gasteiger partial charge in [-0.15, -0.1) is 5.10 Å². The van der Waals surface area contributed by atoms with Crippen LogP contribution < -0.4 is 10.6 Å². The largest absolute Gasteiger partial charge is 0.350 e. The van der Waals surface area contributed by atoms with Crippen LogP contribution in [0.5, 0.6) is 0 Å². The number of carbonyl (C=O) groups excluding carboxylic acids is 1. The molecule has 29 heavy (non-hydrogen) atoms. The van der Waals surface area contributed by atoms with Crippen molar-refractivity contribution in [1.82, 2.24) is 25.6 Å². The zero-order valence-electron chi connectivity index (χ0n) is 17.9. The summed E-state index contributed by atoms with van der Waals surface area (Å²) >= 11 is 0. The molecule has 2 heterocycles. The Kier molecular flexibility index (Phi) is 5.47. The number of carbonyl (C=O) groups is 1. The van der Waals surface area contributed by atoms with Crippen molar-refractivity contribution >= 4 is 5.91 Å². The molecular formula is C23H33N5O. The first-order valence-corrected chi connectivity index (χ1v) is 10.9. The Hall–Kier alpha value is -2.21. The van der Waals surface area contributed by atoms with E-state index in [1.165, 1.54) is 17.5 Å². The van der Waals surface area contributed by atoms with Crippen molar-refractivity contribution in [1.29, 1.82) is 0 Å². The number of piperidine rings is 1. The highest BCUT2D eigenvalue weighted by atomic mass is 16.2. The highest BCUT2D eigenvalue weighted by Crippen LogP contribution is 2.43. The maximum Gasteiger partial charge on any atom is 0.273 e. The Balaban J connectivity index is 1.40. The predicted octanol–water partition coefficient (Wildman–Crippen LogP) is 3.35. The Morgan fingerprint density at radius 2 is 1.90 bits per heavy atom. The number of hydrogen-bond acceptors (Lipinski definition) is 4. The molecule has 1 saturated carbocycles. The summed E-state index contributed by atoms with van der Waals surface area (Å²) in [6.45, 7) is 9.33. The van der Waals surface area contributed by atoms with E-state index in [-0.39, 0.29) is 16.7 Å². The lowest BCUT2D eigenvalue weighted by Crippen LogP contribution is -2.45. The molecular weight excluding hydrogens is 362 g/mol. The van der Waals surface area contributed by atoms with Gasteiger partial charge in [-0.25, -0.2) is 4.68 Å². The van der Waals surface area contributed by atoms with Crippen molar-refractivity contribution < 1.29 is 4.79 Å². The summed E-state index contributed by atoms with van der Waals surface area (Å²) in [7, 11) is 0. The van der Waals surface area contributed by atoms with Crippen LogP contribution in [0.1, 0.15) is 80.5 Å². The van der Waals surface area contributed by atoms with Crippen molar-refractivity contribution in [3.05, 3.63) is 47.3 Å². The minimum Gasteiger partial charge on any atom is -0.350 e. The predicted molar refractivity (Wildman–Crippen MR) is 114 cm³/mol. The maximum absolute atomic E-state index is 12.7. The lowest BCUT2D eigenvalue weighted by atomic mass is 9.64. The van der Waals surface area contributed by atoms with E-state index in [2.05, 4.69) is 66.0 Å². The summed E-state index contributed by atoms with van der Waals surface area (Å²) in [6, 6.07) is 9.31. The van der Waals surface area contributed by atoms with Crippen molar-refractivity contribution in [3.8, 4) is 0 Å². The van der Waals surface area contributed by atoms with Crippen LogP contribution in [0, 0.1) is 0 Å². The summed E-state index contributed by atoms with van der Waals surface area (Å²) in [4.78, 5) is 12.7. The van der Waals surface area contributed by atoms with Gasteiger partial charge in [0.2, 0.25) is 0 Å². The third-order valence-corrected chi connectivity index (χ3v) is 6.69. The number of hydrogen-bond donors (Lipinski definition) is 2. The number of aromatic nitrogens is 3. The summed E-state index contributed by atoms with van der Waals surface area (Å²) in [6.07, 6.45) is 7.30. The topological polar surface area (TPSA) is 71.8 Å². The van der Waals surface area contributed by atoms with Gasteiger partial charge >= 0.3 is 0 Å². The van der Waals surface area contributed by atoms with Crippen LogP contribution in [0.15, 0.2) is 30.5 Å². The molecule has 1 aliphatic heterocycles. The van der Waals surface area contributed by atoms with Crippen molar-refractivity contribution in [2.75, 3.05) is 19.6 Å². The highest BCUT2D eigenvalue weighted by Gasteiger charge is 2.39. The van der Waals surface area contributed by atoms with E-state index < -0.39 is 0 Å². The monoisotopic (exact) mass is 395 g/mol. The number of nitrogens with zero attached hydrogens (tertiary/aromatic N) is 3. The second-order valence-corrected chi connectivity index (χ2v) is 9.71. The van der Waals surface area contributed by atoms with E-state index in [1.807, 2.05) is 4.68 Å². The van der Waals surface area contributed by atoms with Crippen LogP contribution >= 0.6 is 0 Å². The Morgan fingerprint density at radius 3 is 2.48 bits per heavy atom. The molecule has 4 rings (SSSR count). The molecule has 1 aliphatic carbocycles. The first kappa shape index (κ1) is 20.1. The van der Waals surface area contributed by atoms with Gasteiger partial charge in [-0.1, -0.05) is 56.7 Å². The van der Waals surface area contributed by atoms with Gasteiger partial charge in [0, 0.05) is 12.0 Å². The molecule has 0 atom stereocenters. The third-order valence-electron chi connectivity index (χ3n) is 6.69. The molecule has 0 radical (unpaired) electrons. The number of benzene rings is 1. The van der Waals surface area contributed by atoms with Crippen LogP contribution in [0.2, 0.25) is 0 Å². The molecule has 1 saturated heterocycles. The summed E-state index contributed by atoms with van der Waals surface area (Å²) < 4.78 is 1.86. The minimum absolute atomic E-state index is 0.0527. The van der Waals surface area contributed by atoms with Gasteiger partial charge in [0.05, 0.1) is 12.2 Å². The molecule has 2 fully saturated rings. The fourth-order valence-corrected chi connectivity index (χ4v) is 4.47. The standard InChI is InChI=1S/C23H33N5O/c1-22(2,3)17-5-7-18(8-6-17)23(11-4-12-23)16-25-21(29)20-15-28(27-26-20)19-9-13-24-14-10-19/h5-8,15,19,24H,4,9-14,16H2,1-3H3,(H,25,29). The van der Waals surface area contributed by atoms with Crippen LogP contribution in [0.4, 0.5) is 0 Å². The smallest absolute Gasteiger partial charge is 0.273 e. The van der Waals surface area contributed by atoms with Crippen molar-refractivity contribution in [2.24, 2.45) is 0 Å². The molecule has 1 aromatic heterocycles. The molecule has 2 aromatic rings. The van der Waals surface area contributed by atoms with Crippen LogP contribution in [-0.4, -0.2) is 40.5 Å². The number of rotatable bonds is 5. The van der Waals surface area contributed by atoms with Crippen molar-refractivity contribution in [2.45, 2.75) is 69.7 Å². The lowest BCUT2D eigenvalue weighted by molar-refractivity contribution is 0.0922. The SMILES string of the molecule is CC(C)(C)c1ccc(C2(CNC(=O)c3cn(C4CCNCC4)nn3)CCC2)cc1. The molecule has 0 unspecified atom stereocenters. The molecule has 1 amide bonds. The number of nitrogens with one attached hydrogen (secondary N) is 2. The Labute approximate surface area is 173 Å². The van der Waals surface area contributed by atoms with E-state index in [1.54, 1.807) is 6.20 Å². The first-order valence-electron chi connectivity index (χ1n) is 10.9. The van der Waals surface area contributed by atoms with E-state index in [0.717, 1.165) is 38.8 Å². The maximum atomic E-state index is 12.7. The van der Waals surface area contributed by atoms with Crippen LogP contribution in [-0.2, 0) is 10.8 Å². The van der Waals surface area contributed by atoms with Gasteiger partial charge < -0.3 is 10.6 Å². The second kappa shape index (κ2) is 7.90. The summed E-state index contributed by atoms with van der Waals surface area (Å²) in [5.41, 5.74) is 3.29.